The Morgan fingerprint density at radius 3 is 2.31 bits per heavy atom. The molecule has 0 saturated heterocycles. The SMILES string of the molecule is CCC[C@@](C)(I)CCCCC(C)I. The molecule has 0 heterocycles. The van der Waals surface area contributed by atoms with Gasteiger partial charge in [-0.05, 0) is 19.3 Å². The summed E-state index contributed by atoms with van der Waals surface area (Å²) in [5.74, 6) is 0. The predicted octanol–water partition coefficient (Wildman–Crippen LogP) is 5.36. The topological polar surface area (TPSA) is 0 Å². The molecule has 0 nitrogen and oxygen atoms in total. The molecule has 0 spiro atoms. The first-order valence-corrected chi connectivity index (χ1v) is 7.63. The van der Waals surface area contributed by atoms with Gasteiger partial charge in [0.2, 0.25) is 0 Å². The summed E-state index contributed by atoms with van der Waals surface area (Å²) in [6.45, 7) is 6.98. The molecule has 0 aliphatic carbocycles. The van der Waals surface area contributed by atoms with Crippen LogP contribution in [-0.4, -0.2) is 7.35 Å². The van der Waals surface area contributed by atoms with Gasteiger partial charge in [0, 0.05) is 7.35 Å². The van der Waals surface area contributed by atoms with Crippen molar-refractivity contribution in [1.82, 2.24) is 0 Å². The van der Waals surface area contributed by atoms with Gasteiger partial charge in [-0.2, -0.15) is 0 Å². The lowest BCUT2D eigenvalue weighted by Gasteiger charge is -2.21. The minimum atomic E-state index is 0.557. The standard InChI is InChI=1S/C11H22I2/c1-4-8-11(3,13)9-6-5-7-10(2)12/h10H,4-9H2,1-3H3/t10?,11-/m1/s1. The van der Waals surface area contributed by atoms with Crippen LogP contribution in [0.4, 0.5) is 0 Å². The number of halogens is 2. The summed E-state index contributed by atoms with van der Waals surface area (Å²) in [7, 11) is 0. The Morgan fingerprint density at radius 1 is 1.23 bits per heavy atom. The van der Waals surface area contributed by atoms with E-state index >= 15 is 0 Å². The van der Waals surface area contributed by atoms with Crippen molar-refractivity contribution in [2.24, 2.45) is 0 Å². The molecule has 2 atom stereocenters. The molecule has 13 heavy (non-hydrogen) atoms. The monoisotopic (exact) mass is 408 g/mol. The van der Waals surface area contributed by atoms with Gasteiger partial charge in [-0.3, -0.25) is 0 Å². The zero-order chi connectivity index (χ0) is 10.3. The molecule has 0 aromatic heterocycles. The molecular weight excluding hydrogens is 386 g/mol. The van der Waals surface area contributed by atoms with E-state index in [1.54, 1.807) is 0 Å². The molecule has 0 aliphatic heterocycles. The molecule has 0 fully saturated rings. The molecule has 0 aromatic rings. The van der Waals surface area contributed by atoms with Crippen molar-refractivity contribution >= 4 is 45.2 Å². The van der Waals surface area contributed by atoms with E-state index in [4.69, 9.17) is 0 Å². The third-order valence-electron chi connectivity index (χ3n) is 2.32. The largest absolute Gasteiger partial charge is 0.0829 e. The number of hydrogen-bond acceptors (Lipinski definition) is 0. The molecule has 0 rings (SSSR count). The molecule has 0 saturated carbocycles. The molecule has 0 aromatic carbocycles. The second-order valence-electron chi connectivity index (χ2n) is 4.19. The Balaban J connectivity index is 3.40. The van der Waals surface area contributed by atoms with Crippen LogP contribution >= 0.6 is 45.2 Å². The average molecular weight is 408 g/mol. The maximum atomic E-state index is 2.63. The van der Waals surface area contributed by atoms with Gasteiger partial charge in [0.25, 0.3) is 0 Å². The van der Waals surface area contributed by atoms with E-state index in [0.29, 0.717) is 3.42 Å². The van der Waals surface area contributed by atoms with E-state index in [0.717, 1.165) is 3.92 Å². The molecule has 2 heteroatoms. The van der Waals surface area contributed by atoms with Crippen molar-refractivity contribution in [3.05, 3.63) is 0 Å². The molecule has 80 valence electrons. The lowest BCUT2D eigenvalue weighted by atomic mass is 9.98. The van der Waals surface area contributed by atoms with Gasteiger partial charge >= 0.3 is 0 Å². The minimum Gasteiger partial charge on any atom is -0.0829 e. The lowest BCUT2D eigenvalue weighted by molar-refractivity contribution is 0.519. The fourth-order valence-electron chi connectivity index (χ4n) is 1.57. The molecular formula is C11H22I2. The van der Waals surface area contributed by atoms with Crippen LogP contribution in [0.5, 0.6) is 0 Å². The van der Waals surface area contributed by atoms with Crippen LogP contribution in [0.1, 0.15) is 59.3 Å². The predicted molar refractivity (Wildman–Crippen MR) is 79.3 cm³/mol. The molecule has 0 radical (unpaired) electrons. The van der Waals surface area contributed by atoms with Crippen molar-refractivity contribution in [1.29, 1.82) is 0 Å². The highest BCUT2D eigenvalue weighted by Gasteiger charge is 2.17. The first-order chi connectivity index (χ1) is 5.98. The summed E-state index contributed by atoms with van der Waals surface area (Å²) >= 11 is 5.15. The Kier molecular flexibility index (Phi) is 8.58. The number of rotatable bonds is 7. The smallest absolute Gasteiger partial charge is 0.0194 e. The molecule has 0 bridgehead atoms. The van der Waals surface area contributed by atoms with Crippen LogP contribution in [0, 0.1) is 0 Å². The third-order valence-corrected chi connectivity index (χ3v) is 4.02. The maximum absolute atomic E-state index is 2.63. The first kappa shape index (κ1) is 14.5. The third kappa shape index (κ3) is 9.76. The summed E-state index contributed by atoms with van der Waals surface area (Å²) in [5.41, 5.74) is 0. The van der Waals surface area contributed by atoms with Gasteiger partial charge in [-0.25, -0.2) is 0 Å². The van der Waals surface area contributed by atoms with Crippen molar-refractivity contribution in [2.75, 3.05) is 0 Å². The fraction of sp³-hybridized carbons (Fsp3) is 1.00. The maximum Gasteiger partial charge on any atom is 0.0194 e. The van der Waals surface area contributed by atoms with Crippen LogP contribution in [-0.2, 0) is 0 Å². The summed E-state index contributed by atoms with van der Waals surface area (Å²) in [6.07, 6.45) is 8.29. The number of hydrogen-bond donors (Lipinski definition) is 0. The van der Waals surface area contributed by atoms with Crippen LogP contribution in [0.25, 0.3) is 0 Å². The minimum absolute atomic E-state index is 0.557. The number of alkyl halides is 2. The van der Waals surface area contributed by atoms with Crippen molar-refractivity contribution in [3.63, 3.8) is 0 Å². The van der Waals surface area contributed by atoms with Crippen molar-refractivity contribution in [3.8, 4) is 0 Å². The van der Waals surface area contributed by atoms with E-state index in [9.17, 15) is 0 Å². The van der Waals surface area contributed by atoms with Gasteiger partial charge in [0.05, 0.1) is 0 Å². The van der Waals surface area contributed by atoms with Crippen LogP contribution in [0.15, 0.2) is 0 Å². The Labute approximate surface area is 111 Å². The normalized spacial score (nSPS) is 18.2. The summed E-state index contributed by atoms with van der Waals surface area (Å²) < 4.78 is 1.41. The van der Waals surface area contributed by atoms with Gasteiger partial charge in [0.1, 0.15) is 0 Å². The first-order valence-electron chi connectivity index (χ1n) is 5.31. The van der Waals surface area contributed by atoms with Crippen molar-refractivity contribution < 1.29 is 0 Å². The van der Waals surface area contributed by atoms with E-state index in [1.165, 1.54) is 38.5 Å². The van der Waals surface area contributed by atoms with Gasteiger partial charge in [0.15, 0.2) is 0 Å². The van der Waals surface area contributed by atoms with Crippen LogP contribution < -0.4 is 0 Å². The van der Waals surface area contributed by atoms with E-state index in [1.807, 2.05) is 0 Å². The fourth-order valence-corrected chi connectivity index (χ4v) is 2.93. The van der Waals surface area contributed by atoms with E-state index in [-0.39, 0.29) is 0 Å². The highest BCUT2D eigenvalue weighted by molar-refractivity contribution is 14.1. The van der Waals surface area contributed by atoms with Crippen molar-refractivity contribution in [2.45, 2.75) is 66.6 Å². The highest BCUT2D eigenvalue weighted by atomic mass is 127. The Hall–Kier alpha value is 1.46. The van der Waals surface area contributed by atoms with Crippen LogP contribution in [0.3, 0.4) is 0 Å². The van der Waals surface area contributed by atoms with E-state index < -0.39 is 0 Å². The second kappa shape index (κ2) is 7.71. The van der Waals surface area contributed by atoms with Gasteiger partial charge < -0.3 is 0 Å². The molecule has 1 unspecified atom stereocenters. The molecule has 0 aliphatic rings. The average Bonchev–Trinajstić information content (AvgIpc) is 1.98. The van der Waals surface area contributed by atoms with Crippen LogP contribution in [0.2, 0.25) is 0 Å². The lowest BCUT2D eigenvalue weighted by Crippen LogP contribution is -2.14. The van der Waals surface area contributed by atoms with Gasteiger partial charge in [-0.15, -0.1) is 0 Å². The molecule has 0 N–H and O–H groups in total. The quantitative estimate of drug-likeness (QED) is 0.302. The second-order valence-corrected chi connectivity index (χ2v) is 8.92. The Bertz CT molecular complexity index is 119. The number of unbranched alkanes of at least 4 members (excludes halogenated alkanes) is 1. The molecule has 0 amide bonds. The highest BCUT2D eigenvalue weighted by Crippen LogP contribution is 2.30. The van der Waals surface area contributed by atoms with E-state index in [2.05, 4.69) is 66.0 Å². The zero-order valence-corrected chi connectivity index (χ0v) is 13.4. The summed E-state index contributed by atoms with van der Waals surface area (Å²) in [4.78, 5) is 0. The summed E-state index contributed by atoms with van der Waals surface area (Å²) in [6, 6.07) is 0. The summed E-state index contributed by atoms with van der Waals surface area (Å²) in [5, 5.41) is 0. The Morgan fingerprint density at radius 2 is 1.85 bits per heavy atom. The van der Waals surface area contributed by atoms with Gasteiger partial charge in [-0.1, -0.05) is 85.2 Å². The zero-order valence-electron chi connectivity index (χ0n) is 9.08.